The molecule has 1 heterocycles. The second-order valence-electron chi connectivity index (χ2n) is 4.81. The van der Waals surface area contributed by atoms with Crippen LogP contribution in [0.4, 0.5) is 13.2 Å². The van der Waals surface area contributed by atoms with Crippen LogP contribution in [0, 0.1) is 5.92 Å². The first kappa shape index (κ1) is 18.0. The Balaban J connectivity index is 2.53. The third-order valence-corrected chi connectivity index (χ3v) is 3.13. The third kappa shape index (κ3) is 6.15. The summed E-state index contributed by atoms with van der Waals surface area (Å²) in [5.74, 6) is -2.60. The maximum absolute atomic E-state index is 12.1. The number of piperidine rings is 1. The predicted octanol–water partition coefficient (Wildman–Crippen LogP) is 0.633. The van der Waals surface area contributed by atoms with Gasteiger partial charge in [0.15, 0.2) is 0 Å². The van der Waals surface area contributed by atoms with Crippen LogP contribution in [0.2, 0.25) is 0 Å². The smallest absolute Gasteiger partial charge is 0.405 e. The number of nitrogens with one attached hydrogen (secondary N) is 1. The number of ether oxygens (including phenoxy) is 1. The van der Waals surface area contributed by atoms with Crippen LogP contribution in [0.3, 0.4) is 0 Å². The highest BCUT2D eigenvalue weighted by atomic mass is 19.4. The van der Waals surface area contributed by atoms with E-state index in [0.717, 1.165) is 12.2 Å². The van der Waals surface area contributed by atoms with Crippen molar-refractivity contribution in [1.29, 1.82) is 0 Å². The van der Waals surface area contributed by atoms with Gasteiger partial charge in [0.1, 0.15) is 6.54 Å². The lowest BCUT2D eigenvalue weighted by Crippen LogP contribution is -2.46. The summed E-state index contributed by atoms with van der Waals surface area (Å²) >= 11 is 0. The minimum absolute atomic E-state index is 0.0219. The molecule has 0 aromatic carbocycles. The summed E-state index contributed by atoms with van der Waals surface area (Å²) in [6.45, 7) is -0.986. The molecule has 0 saturated carbocycles. The van der Waals surface area contributed by atoms with Gasteiger partial charge in [-0.15, -0.1) is 0 Å². The summed E-state index contributed by atoms with van der Waals surface area (Å²) in [6, 6.07) is 0. The maximum Gasteiger partial charge on any atom is 0.405 e. The Kier molecular flexibility index (Phi) is 6.39. The molecule has 1 unspecified atom stereocenters. The second kappa shape index (κ2) is 7.81. The Hall–Kier alpha value is -2.06. The molecule has 0 aliphatic carbocycles. The van der Waals surface area contributed by atoms with Gasteiger partial charge in [-0.3, -0.25) is 9.59 Å². The molecule has 1 saturated heterocycles. The first-order chi connectivity index (χ1) is 10.2. The van der Waals surface area contributed by atoms with Crippen LogP contribution in [0.25, 0.3) is 0 Å². The number of halogens is 3. The van der Waals surface area contributed by atoms with E-state index < -0.39 is 36.4 Å². The van der Waals surface area contributed by atoms with Crippen molar-refractivity contribution in [2.75, 3.05) is 26.7 Å². The zero-order chi connectivity index (χ0) is 16.8. The lowest BCUT2D eigenvalue weighted by molar-refractivity contribution is -0.143. The van der Waals surface area contributed by atoms with E-state index in [4.69, 9.17) is 0 Å². The molecule has 0 radical (unpaired) electrons. The molecular formula is C13H17F3N2O4. The van der Waals surface area contributed by atoms with Crippen molar-refractivity contribution in [2.24, 2.45) is 5.92 Å². The highest BCUT2D eigenvalue weighted by Gasteiger charge is 2.32. The van der Waals surface area contributed by atoms with Crippen LogP contribution in [-0.2, 0) is 19.1 Å². The van der Waals surface area contributed by atoms with Crippen LogP contribution in [0.15, 0.2) is 12.2 Å². The van der Waals surface area contributed by atoms with Gasteiger partial charge in [-0.05, 0) is 12.8 Å². The number of amides is 2. The molecule has 1 rings (SSSR count). The quantitative estimate of drug-likeness (QED) is 0.608. The molecule has 2 amide bonds. The fourth-order valence-corrected chi connectivity index (χ4v) is 2.04. The number of rotatable bonds is 4. The fraction of sp³-hybridized carbons (Fsp3) is 0.615. The third-order valence-electron chi connectivity index (χ3n) is 3.13. The minimum atomic E-state index is -4.47. The summed E-state index contributed by atoms with van der Waals surface area (Å²) in [6.07, 6.45) is -1.59. The zero-order valence-electron chi connectivity index (χ0n) is 12.0. The number of likely N-dealkylation sites (tertiary alicyclic amines) is 1. The van der Waals surface area contributed by atoms with Crippen LogP contribution in [0.5, 0.6) is 0 Å². The normalized spacial score (nSPS) is 19.1. The van der Waals surface area contributed by atoms with Crippen molar-refractivity contribution in [3.8, 4) is 0 Å². The topological polar surface area (TPSA) is 75.7 Å². The van der Waals surface area contributed by atoms with E-state index in [1.165, 1.54) is 12.0 Å². The molecule has 1 fully saturated rings. The van der Waals surface area contributed by atoms with Crippen molar-refractivity contribution >= 4 is 17.8 Å². The second-order valence-corrected chi connectivity index (χ2v) is 4.81. The Morgan fingerprint density at radius 1 is 1.32 bits per heavy atom. The van der Waals surface area contributed by atoms with Crippen molar-refractivity contribution in [3.63, 3.8) is 0 Å². The average molecular weight is 322 g/mol. The monoisotopic (exact) mass is 322 g/mol. The number of esters is 1. The number of hydrogen-bond acceptors (Lipinski definition) is 4. The summed E-state index contributed by atoms with van der Waals surface area (Å²) < 4.78 is 40.5. The number of hydrogen-bond donors (Lipinski definition) is 1. The van der Waals surface area contributed by atoms with E-state index in [1.807, 2.05) is 5.32 Å². The first-order valence-corrected chi connectivity index (χ1v) is 6.62. The van der Waals surface area contributed by atoms with E-state index in [9.17, 15) is 27.6 Å². The Bertz CT molecular complexity index is 463. The molecule has 1 aliphatic rings. The van der Waals surface area contributed by atoms with Gasteiger partial charge in [-0.25, -0.2) is 4.79 Å². The standard InChI is InChI=1S/C13H17F3N2O4/c1-22-11(20)5-4-10(19)18-6-2-3-9(7-18)12(21)17-8-13(14,15)16/h4-5,9H,2-3,6-8H2,1H3,(H,17,21)/b5-4+. The number of carbonyl (C=O) groups is 3. The summed E-state index contributed by atoms with van der Waals surface area (Å²) in [7, 11) is 1.17. The zero-order valence-corrected chi connectivity index (χ0v) is 12.0. The number of nitrogens with zero attached hydrogens (tertiary/aromatic N) is 1. The largest absolute Gasteiger partial charge is 0.466 e. The number of carbonyl (C=O) groups excluding carboxylic acids is 3. The summed E-state index contributed by atoms with van der Waals surface area (Å²) in [5, 5.41) is 1.82. The fourth-order valence-electron chi connectivity index (χ4n) is 2.04. The molecule has 22 heavy (non-hydrogen) atoms. The Morgan fingerprint density at radius 3 is 2.59 bits per heavy atom. The average Bonchev–Trinajstić information content (AvgIpc) is 2.49. The molecule has 1 aliphatic heterocycles. The molecule has 0 bridgehead atoms. The lowest BCUT2D eigenvalue weighted by atomic mass is 9.97. The van der Waals surface area contributed by atoms with Gasteiger partial charge >= 0.3 is 12.1 Å². The molecule has 0 spiro atoms. The molecule has 1 N–H and O–H groups in total. The number of methoxy groups -OCH3 is 1. The van der Waals surface area contributed by atoms with Crippen molar-refractivity contribution in [3.05, 3.63) is 12.2 Å². The van der Waals surface area contributed by atoms with Crippen LogP contribution in [-0.4, -0.2) is 55.6 Å². The van der Waals surface area contributed by atoms with E-state index in [2.05, 4.69) is 4.74 Å². The van der Waals surface area contributed by atoms with Gasteiger partial charge in [0, 0.05) is 25.2 Å². The highest BCUT2D eigenvalue weighted by molar-refractivity contribution is 5.94. The van der Waals surface area contributed by atoms with Crippen molar-refractivity contribution in [1.82, 2.24) is 10.2 Å². The lowest BCUT2D eigenvalue weighted by Gasteiger charge is -2.31. The van der Waals surface area contributed by atoms with Crippen molar-refractivity contribution < 1.29 is 32.3 Å². The number of alkyl halides is 3. The van der Waals surface area contributed by atoms with Gasteiger partial charge in [0.05, 0.1) is 13.0 Å². The molecule has 6 nitrogen and oxygen atoms in total. The van der Waals surface area contributed by atoms with E-state index in [1.54, 1.807) is 0 Å². The SMILES string of the molecule is COC(=O)/C=C/C(=O)N1CCCC(C(=O)NCC(F)(F)F)C1. The molecule has 0 aromatic rings. The van der Waals surface area contributed by atoms with Crippen LogP contribution in [0.1, 0.15) is 12.8 Å². The van der Waals surface area contributed by atoms with E-state index in [0.29, 0.717) is 19.4 Å². The Morgan fingerprint density at radius 2 is 2.00 bits per heavy atom. The Labute approximate surface area is 125 Å². The maximum atomic E-state index is 12.1. The van der Waals surface area contributed by atoms with Gasteiger partial charge in [0.25, 0.3) is 0 Å². The van der Waals surface area contributed by atoms with Gasteiger partial charge in [0.2, 0.25) is 11.8 Å². The van der Waals surface area contributed by atoms with Crippen molar-refractivity contribution in [2.45, 2.75) is 19.0 Å². The van der Waals surface area contributed by atoms with Crippen LogP contribution < -0.4 is 5.32 Å². The first-order valence-electron chi connectivity index (χ1n) is 6.62. The predicted molar refractivity (Wildman–Crippen MR) is 69.5 cm³/mol. The minimum Gasteiger partial charge on any atom is -0.466 e. The molecule has 1 atom stereocenters. The van der Waals surface area contributed by atoms with Gasteiger partial charge in [-0.2, -0.15) is 13.2 Å². The molecule has 124 valence electrons. The van der Waals surface area contributed by atoms with Gasteiger partial charge < -0.3 is 15.0 Å². The van der Waals surface area contributed by atoms with Crippen LogP contribution >= 0.6 is 0 Å². The van der Waals surface area contributed by atoms with E-state index in [-0.39, 0.29) is 6.54 Å². The highest BCUT2D eigenvalue weighted by Crippen LogP contribution is 2.18. The molecular weight excluding hydrogens is 305 g/mol. The molecule has 9 heteroatoms. The summed E-state index contributed by atoms with van der Waals surface area (Å²) in [4.78, 5) is 35.7. The molecule has 0 aromatic heterocycles. The van der Waals surface area contributed by atoms with Gasteiger partial charge in [-0.1, -0.05) is 0 Å². The summed E-state index contributed by atoms with van der Waals surface area (Å²) in [5.41, 5.74) is 0. The van der Waals surface area contributed by atoms with E-state index >= 15 is 0 Å².